The lowest BCUT2D eigenvalue weighted by molar-refractivity contribution is 0.537. The number of benzene rings is 2. The first kappa shape index (κ1) is 16.8. The lowest BCUT2D eigenvalue weighted by Crippen LogP contribution is -2.40. The van der Waals surface area contributed by atoms with Gasteiger partial charge in [-0.1, -0.05) is 36.4 Å². The summed E-state index contributed by atoms with van der Waals surface area (Å²) >= 11 is 0. The zero-order valence-electron chi connectivity index (χ0n) is 14.7. The Morgan fingerprint density at radius 1 is 0.889 bits per heavy atom. The molecule has 0 spiro atoms. The van der Waals surface area contributed by atoms with E-state index in [4.69, 9.17) is 4.42 Å². The summed E-state index contributed by atoms with van der Waals surface area (Å²) < 4.78 is 8.41. The second kappa shape index (κ2) is 6.92. The molecule has 4 aromatic rings. The normalized spacial score (nSPS) is 10.9. The van der Waals surface area contributed by atoms with Crippen LogP contribution in [-0.4, -0.2) is 14.1 Å². The molecule has 2 heterocycles. The Bertz CT molecular complexity index is 1190. The first-order valence-corrected chi connectivity index (χ1v) is 8.53. The molecule has 0 aliphatic carbocycles. The molecule has 0 fully saturated rings. The van der Waals surface area contributed by atoms with Crippen LogP contribution in [0.2, 0.25) is 0 Å². The summed E-state index contributed by atoms with van der Waals surface area (Å²) in [6, 6.07) is 18.6. The van der Waals surface area contributed by atoms with E-state index >= 15 is 0 Å². The number of hydrogen-bond donors (Lipinski definition) is 0. The molecule has 0 amide bonds. The third-order valence-corrected chi connectivity index (χ3v) is 4.33. The Labute approximate surface area is 155 Å². The molecule has 0 atom stereocenters. The lowest BCUT2D eigenvalue weighted by Gasteiger charge is -2.08. The highest BCUT2D eigenvalue weighted by Gasteiger charge is 2.14. The monoisotopic (exact) mass is 359 g/mol. The average molecular weight is 359 g/mol. The second-order valence-corrected chi connectivity index (χ2v) is 6.13. The quantitative estimate of drug-likeness (QED) is 0.525. The fraction of sp³-hybridized carbons (Fsp3) is 0.0952. The summed E-state index contributed by atoms with van der Waals surface area (Å²) in [4.78, 5) is 29.5. The van der Waals surface area contributed by atoms with E-state index < -0.39 is 11.1 Å². The van der Waals surface area contributed by atoms with Crippen LogP contribution in [0.25, 0.3) is 17.1 Å². The molecule has 27 heavy (non-hydrogen) atoms. The molecular weight excluding hydrogens is 342 g/mol. The van der Waals surface area contributed by atoms with Gasteiger partial charge in [-0.15, -0.1) is 0 Å². The Hall–Kier alpha value is -3.67. The van der Waals surface area contributed by atoms with Crippen molar-refractivity contribution in [2.45, 2.75) is 13.5 Å². The predicted molar refractivity (Wildman–Crippen MR) is 102 cm³/mol. The molecule has 0 N–H and O–H groups in total. The zero-order valence-corrected chi connectivity index (χ0v) is 14.7. The van der Waals surface area contributed by atoms with Crippen molar-refractivity contribution in [2.75, 3.05) is 0 Å². The first-order valence-electron chi connectivity index (χ1n) is 8.53. The molecule has 0 saturated heterocycles. The van der Waals surface area contributed by atoms with Crippen molar-refractivity contribution in [1.82, 2.24) is 14.1 Å². The van der Waals surface area contributed by atoms with Crippen LogP contribution >= 0.6 is 0 Å². The van der Waals surface area contributed by atoms with E-state index in [9.17, 15) is 9.59 Å². The van der Waals surface area contributed by atoms with Crippen LogP contribution in [0.5, 0.6) is 0 Å². The van der Waals surface area contributed by atoms with Gasteiger partial charge in [0.15, 0.2) is 0 Å². The van der Waals surface area contributed by atoms with E-state index in [0.717, 1.165) is 5.56 Å². The molecule has 0 aliphatic heterocycles. The van der Waals surface area contributed by atoms with Crippen molar-refractivity contribution >= 4 is 0 Å². The lowest BCUT2D eigenvalue weighted by atomic mass is 10.2. The van der Waals surface area contributed by atoms with Crippen LogP contribution in [0.4, 0.5) is 0 Å². The van der Waals surface area contributed by atoms with E-state index in [1.165, 1.54) is 9.13 Å². The molecule has 4 rings (SSSR count). The van der Waals surface area contributed by atoms with Gasteiger partial charge in [0.2, 0.25) is 5.89 Å². The Balaban J connectivity index is 1.68. The van der Waals surface area contributed by atoms with E-state index in [2.05, 4.69) is 4.98 Å². The van der Waals surface area contributed by atoms with Gasteiger partial charge in [-0.2, -0.15) is 0 Å². The first-order chi connectivity index (χ1) is 13.1. The van der Waals surface area contributed by atoms with Gasteiger partial charge in [-0.3, -0.25) is 14.2 Å². The van der Waals surface area contributed by atoms with Gasteiger partial charge in [0.05, 0.1) is 6.54 Å². The number of oxazole rings is 1. The Morgan fingerprint density at radius 3 is 2.26 bits per heavy atom. The Kier molecular flexibility index (Phi) is 4.30. The van der Waals surface area contributed by atoms with Gasteiger partial charge < -0.3 is 8.98 Å². The maximum absolute atomic E-state index is 12.5. The van der Waals surface area contributed by atoms with Gasteiger partial charge in [-0.05, 0) is 31.2 Å². The van der Waals surface area contributed by atoms with E-state index in [0.29, 0.717) is 23.0 Å². The van der Waals surface area contributed by atoms with Crippen LogP contribution in [0, 0.1) is 6.92 Å². The SMILES string of the molecule is Cc1oc(-c2ccccc2)nc1Cn1ccn(-c2ccccc2)c(=O)c1=O. The number of hydrogen-bond acceptors (Lipinski definition) is 4. The van der Waals surface area contributed by atoms with Crippen molar-refractivity contribution in [1.29, 1.82) is 0 Å². The summed E-state index contributed by atoms with van der Waals surface area (Å²) in [5.41, 5.74) is 0.917. The average Bonchev–Trinajstić information content (AvgIpc) is 3.07. The van der Waals surface area contributed by atoms with Crippen molar-refractivity contribution in [2.24, 2.45) is 0 Å². The number of aromatic nitrogens is 3. The summed E-state index contributed by atoms with van der Waals surface area (Å²) in [5.74, 6) is 1.11. The van der Waals surface area contributed by atoms with Crippen LogP contribution in [0.15, 0.2) is 87.1 Å². The minimum atomic E-state index is -0.606. The van der Waals surface area contributed by atoms with Crippen molar-refractivity contribution in [3.63, 3.8) is 0 Å². The third-order valence-electron chi connectivity index (χ3n) is 4.33. The number of aryl methyl sites for hydroxylation is 1. The zero-order chi connectivity index (χ0) is 18.8. The van der Waals surface area contributed by atoms with Gasteiger partial charge in [0.25, 0.3) is 0 Å². The van der Waals surface area contributed by atoms with Crippen LogP contribution in [0.3, 0.4) is 0 Å². The molecular formula is C21H17N3O3. The van der Waals surface area contributed by atoms with Gasteiger partial charge in [0.1, 0.15) is 11.5 Å². The molecule has 2 aromatic carbocycles. The van der Waals surface area contributed by atoms with Crippen molar-refractivity contribution < 1.29 is 4.42 Å². The highest BCUT2D eigenvalue weighted by atomic mass is 16.4. The largest absolute Gasteiger partial charge is 0.441 e. The standard InChI is InChI=1S/C21H17N3O3/c1-15-18(22-19(27-15)16-8-4-2-5-9-16)14-23-12-13-24(21(26)20(23)25)17-10-6-3-7-11-17/h2-13H,14H2,1H3. The number of rotatable bonds is 4. The number of nitrogens with zero attached hydrogens (tertiary/aromatic N) is 3. The molecule has 0 radical (unpaired) electrons. The molecule has 6 heteroatoms. The molecule has 0 bridgehead atoms. The van der Waals surface area contributed by atoms with E-state index in [1.807, 2.05) is 48.5 Å². The minimum absolute atomic E-state index is 0.172. The molecule has 134 valence electrons. The predicted octanol–water partition coefficient (Wildman–Crippen LogP) is 3.01. The van der Waals surface area contributed by atoms with Gasteiger partial charge in [0, 0.05) is 23.6 Å². The number of para-hydroxylation sites is 1. The maximum Gasteiger partial charge on any atom is 0.320 e. The van der Waals surface area contributed by atoms with Crippen LogP contribution in [0.1, 0.15) is 11.5 Å². The van der Waals surface area contributed by atoms with E-state index in [1.54, 1.807) is 31.5 Å². The summed E-state index contributed by atoms with van der Waals surface area (Å²) in [7, 11) is 0. The van der Waals surface area contributed by atoms with E-state index in [-0.39, 0.29) is 6.54 Å². The smallest absolute Gasteiger partial charge is 0.320 e. The maximum atomic E-state index is 12.5. The Morgan fingerprint density at radius 2 is 1.56 bits per heavy atom. The molecule has 0 unspecified atom stereocenters. The molecule has 0 saturated carbocycles. The van der Waals surface area contributed by atoms with Gasteiger partial charge >= 0.3 is 11.1 Å². The third kappa shape index (κ3) is 3.25. The molecule has 6 nitrogen and oxygen atoms in total. The van der Waals surface area contributed by atoms with Crippen LogP contribution in [-0.2, 0) is 6.54 Å². The fourth-order valence-electron chi connectivity index (χ4n) is 2.87. The highest BCUT2D eigenvalue weighted by molar-refractivity contribution is 5.53. The molecule has 2 aromatic heterocycles. The summed E-state index contributed by atoms with van der Waals surface area (Å²) in [5, 5.41) is 0. The van der Waals surface area contributed by atoms with Crippen molar-refractivity contribution in [3.05, 3.63) is 105 Å². The summed E-state index contributed by atoms with van der Waals surface area (Å²) in [6.45, 7) is 1.97. The minimum Gasteiger partial charge on any atom is -0.441 e. The van der Waals surface area contributed by atoms with Crippen molar-refractivity contribution in [3.8, 4) is 17.1 Å². The summed E-state index contributed by atoms with van der Waals surface area (Å²) in [6.07, 6.45) is 3.18. The topological polar surface area (TPSA) is 70.0 Å². The second-order valence-electron chi connectivity index (χ2n) is 6.13. The highest BCUT2D eigenvalue weighted by Crippen LogP contribution is 2.21. The van der Waals surface area contributed by atoms with Crippen LogP contribution < -0.4 is 11.1 Å². The van der Waals surface area contributed by atoms with Gasteiger partial charge in [-0.25, -0.2) is 4.98 Å². The fourth-order valence-corrected chi connectivity index (χ4v) is 2.87. The molecule has 0 aliphatic rings.